The first kappa shape index (κ1) is 12.9. The van der Waals surface area contributed by atoms with Gasteiger partial charge in [0.05, 0.1) is 6.42 Å². The van der Waals surface area contributed by atoms with Crippen molar-refractivity contribution in [2.24, 2.45) is 0 Å². The van der Waals surface area contributed by atoms with Crippen LogP contribution in [0.15, 0.2) is 0 Å². The zero-order valence-electron chi connectivity index (χ0n) is 8.95. The number of carbonyl (C=O) groups is 2. The predicted octanol–water partition coefficient (Wildman–Crippen LogP) is 1.50. The van der Waals surface area contributed by atoms with Gasteiger partial charge in [-0.25, -0.2) is 0 Å². The molecule has 0 rings (SSSR count). The Bertz CT molecular complexity index is 192. The van der Waals surface area contributed by atoms with E-state index in [1.54, 1.807) is 11.9 Å². The van der Waals surface area contributed by atoms with Gasteiger partial charge in [-0.15, -0.1) is 0 Å². The van der Waals surface area contributed by atoms with Crippen LogP contribution in [-0.4, -0.2) is 35.5 Å². The van der Waals surface area contributed by atoms with Gasteiger partial charge in [-0.3, -0.25) is 9.59 Å². The summed E-state index contributed by atoms with van der Waals surface area (Å²) in [7, 11) is 1.72. The maximum atomic E-state index is 11.3. The van der Waals surface area contributed by atoms with Crippen molar-refractivity contribution in [1.29, 1.82) is 0 Å². The van der Waals surface area contributed by atoms with Gasteiger partial charge in [-0.1, -0.05) is 19.8 Å². The van der Waals surface area contributed by atoms with Crippen molar-refractivity contribution >= 4 is 11.9 Å². The van der Waals surface area contributed by atoms with Crippen molar-refractivity contribution < 1.29 is 14.7 Å². The highest BCUT2D eigenvalue weighted by molar-refractivity contribution is 5.80. The summed E-state index contributed by atoms with van der Waals surface area (Å²) >= 11 is 0. The number of rotatable bonds is 7. The Morgan fingerprint density at radius 2 is 1.86 bits per heavy atom. The van der Waals surface area contributed by atoms with E-state index in [1.807, 2.05) is 0 Å². The minimum Gasteiger partial charge on any atom is -0.481 e. The van der Waals surface area contributed by atoms with E-state index >= 15 is 0 Å². The second-order valence-corrected chi connectivity index (χ2v) is 3.42. The van der Waals surface area contributed by atoms with Gasteiger partial charge in [0.2, 0.25) is 5.91 Å². The van der Waals surface area contributed by atoms with Crippen molar-refractivity contribution in [1.82, 2.24) is 4.90 Å². The summed E-state index contributed by atoms with van der Waals surface area (Å²) in [5, 5.41) is 8.39. The molecule has 4 nitrogen and oxygen atoms in total. The third-order valence-electron chi connectivity index (χ3n) is 2.08. The lowest BCUT2D eigenvalue weighted by molar-refractivity contribution is -0.140. The highest BCUT2D eigenvalue weighted by Gasteiger charge is 2.09. The molecule has 0 aliphatic heterocycles. The monoisotopic (exact) mass is 201 g/mol. The highest BCUT2D eigenvalue weighted by Crippen LogP contribution is 2.00. The average Bonchev–Trinajstić information content (AvgIpc) is 2.14. The summed E-state index contributed by atoms with van der Waals surface area (Å²) in [6.07, 6.45) is 3.26. The van der Waals surface area contributed by atoms with Crippen LogP contribution >= 0.6 is 0 Å². The van der Waals surface area contributed by atoms with Gasteiger partial charge in [0.1, 0.15) is 0 Å². The summed E-state index contributed by atoms with van der Waals surface area (Å²) in [5.74, 6) is -0.996. The van der Waals surface area contributed by atoms with Crippen LogP contribution in [0.3, 0.4) is 0 Å². The number of carbonyl (C=O) groups excluding carboxylic acids is 1. The van der Waals surface area contributed by atoms with Crippen LogP contribution in [0.4, 0.5) is 0 Å². The molecule has 0 radical (unpaired) electrons. The molecular weight excluding hydrogens is 182 g/mol. The fourth-order valence-corrected chi connectivity index (χ4v) is 1.13. The van der Waals surface area contributed by atoms with Crippen LogP contribution < -0.4 is 0 Å². The second-order valence-electron chi connectivity index (χ2n) is 3.42. The van der Waals surface area contributed by atoms with E-state index in [0.717, 1.165) is 25.8 Å². The van der Waals surface area contributed by atoms with Gasteiger partial charge in [0, 0.05) is 20.0 Å². The molecule has 4 heteroatoms. The molecule has 14 heavy (non-hydrogen) atoms. The third-order valence-corrected chi connectivity index (χ3v) is 2.08. The van der Waals surface area contributed by atoms with Crippen molar-refractivity contribution in [2.45, 2.75) is 39.0 Å². The molecule has 0 unspecified atom stereocenters. The first-order valence-corrected chi connectivity index (χ1v) is 5.03. The predicted molar refractivity (Wildman–Crippen MR) is 54.0 cm³/mol. The molecule has 0 aliphatic rings. The lowest BCUT2D eigenvalue weighted by atomic mass is 10.2. The van der Waals surface area contributed by atoms with Crippen molar-refractivity contribution in [2.75, 3.05) is 13.6 Å². The van der Waals surface area contributed by atoms with E-state index in [1.165, 1.54) is 0 Å². The Morgan fingerprint density at radius 1 is 1.21 bits per heavy atom. The molecule has 0 bridgehead atoms. The zero-order chi connectivity index (χ0) is 11.0. The van der Waals surface area contributed by atoms with Crippen molar-refractivity contribution in [3.05, 3.63) is 0 Å². The number of carboxylic acids is 1. The van der Waals surface area contributed by atoms with Gasteiger partial charge < -0.3 is 10.0 Å². The molecule has 0 spiro atoms. The van der Waals surface area contributed by atoms with E-state index in [2.05, 4.69) is 6.92 Å². The maximum absolute atomic E-state index is 11.3. The Hall–Kier alpha value is -1.06. The van der Waals surface area contributed by atoms with Crippen LogP contribution in [0.1, 0.15) is 39.0 Å². The molecule has 0 aromatic heterocycles. The Kier molecular flexibility index (Phi) is 6.80. The van der Waals surface area contributed by atoms with Gasteiger partial charge in [-0.2, -0.15) is 0 Å². The number of carboxylic acid groups (broad SMARTS) is 1. The maximum Gasteiger partial charge on any atom is 0.303 e. The van der Waals surface area contributed by atoms with E-state index in [9.17, 15) is 9.59 Å². The zero-order valence-corrected chi connectivity index (χ0v) is 8.95. The molecule has 1 N–H and O–H groups in total. The smallest absolute Gasteiger partial charge is 0.303 e. The molecule has 0 saturated carbocycles. The molecule has 0 aromatic rings. The van der Waals surface area contributed by atoms with E-state index in [0.29, 0.717) is 0 Å². The molecule has 0 saturated heterocycles. The molecule has 1 amide bonds. The number of hydrogen-bond acceptors (Lipinski definition) is 2. The fourth-order valence-electron chi connectivity index (χ4n) is 1.13. The largest absolute Gasteiger partial charge is 0.481 e. The quantitative estimate of drug-likeness (QED) is 0.635. The van der Waals surface area contributed by atoms with Crippen LogP contribution in [-0.2, 0) is 9.59 Å². The lowest BCUT2D eigenvalue weighted by Crippen LogP contribution is -2.27. The summed E-state index contributed by atoms with van der Waals surface area (Å²) in [6.45, 7) is 2.83. The number of amides is 1. The first-order valence-electron chi connectivity index (χ1n) is 5.03. The van der Waals surface area contributed by atoms with Crippen LogP contribution in [0.25, 0.3) is 0 Å². The Morgan fingerprint density at radius 3 is 2.36 bits per heavy atom. The minimum atomic E-state index is -0.916. The van der Waals surface area contributed by atoms with Gasteiger partial charge in [0.25, 0.3) is 0 Å². The van der Waals surface area contributed by atoms with Gasteiger partial charge in [-0.05, 0) is 6.42 Å². The number of aliphatic carboxylic acids is 1. The molecule has 0 fully saturated rings. The Labute approximate surface area is 84.9 Å². The van der Waals surface area contributed by atoms with Crippen molar-refractivity contribution in [3.63, 3.8) is 0 Å². The normalized spacial score (nSPS) is 9.86. The summed E-state index contributed by atoms with van der Waals surface area (Å²) < 4.78 is 0. The van der Waals surface area contributed by atoms with Gasteiger partial charge >= 0.3 is 5.97 Å². The van der Waals surface area contributed by atoms with Crippen LogP contribution in [0, 0.1) is 0 Å². The number of unbranched alkanes of at least 4 members (excludes halogenated alkanes) is 2. The molecule has 0 aliphatic carbocycles. The molecule has 0 atom stereocenters. The number of nitrogens with zero attached hydrogens (tertiary/aromatic N) is 1. The fraction of sp³-hybridized carbons (Fsp3) is 0.800. The standard InChI is InChI=1S/C10H19NO3/c1-3-4-5-8-11(2)9(12)6-7-10(13)14/h3-8H2,1-2H3,(H,13,14). The van der Waals surface area contributed by atoms with Crippen LogP contribution in [0.5, 0.6) is 0 Å². The first-order chi connectivity index (χ1) is 6.57. The third kappa shape index (κ3) is 6.46. The minimum absolute atomic E-state index is 0.0725. The molecule has 0 aromatic carbocycles. The average molecular weight is 201 g/mol. The summed E-state index contributed by atoms with van der Waals surface area (Å²) in [5.41, 5.74) is 0. The van der Waals surface area contributed by atoms with E-state index < -0.39 is 5.97 Å². The summed E-state index contributed by atoms with van der Waals surface area (Å²) in [4.78, 5) is 23.1. The van der Waals surface area contributed by atoms with E-state index in [4.69, 9.17) is 5.11 Å². The Balaban J connectivity index is 3.59. The molecule has 82 valence electrons. The van der Waals surface area contributed by atoms with Gasteiger partial charge in [0.15, 0.2) is 0 Å². The second kappa shape index (κ2) is 7.35. The molecular formula is C10H19NO3. The molecule has 0 heterocycles. The highest BCUT2D eigenvalue weighted by atomic mass is 16.4. The SMILES string of the molecule is CCCCCN(C)C(=O)CCC(=O)O. The topological polar surface area (TPSA) is 57.6 Å². The van der Waals surface area contributed by atoms with Crippen molar-refractivity contribution in [3.8, 4) is 0 Å². The number of hydrogen-bond donors (Lipinski definition) is 1. The summed E-state index contributed by atoms with van der Waals surface area (Å²) in [6, 6.07) is 0. The van der Waals surface area contributed by atoms with Crippen LogP contribution in [0.2, 0.25) is 0 Å². The van der Waals surface area contributed by atoms with E-state index in [-0.39, 0.29) is 18.7 Å². The lowest BCUT2D eigenvalue weighted by Gasteiger charge is -2.16.